The topological polar surface area (TPSA) is 64.7 Å². The Kier molecular flexibility index (Phi) is 5.44. The van der Waals surface area contributed by atoms with Crippen molar-refractivity contribution in [3.8, 4) is 0 Å². The third kappa shape index (κ3) is 4.22. The molecule has 0 aliphatic rings. The molecule has 0 atom stereocenters. The van der Waals surface area contributed by atoms with Gasteiger partial charge in [-0.1, -0.05) is 12.1 Å². The fourth-order valence-electron chi connectivity index (χ4n) is 3.25. The van der Waals surface area contributed by atoms with Crippen LogP contribution >= 0.6 is 11.3 Å². The Bertz CT molecular complexity index is 1140. The first kappa shape index (κ1) is 19.3. The van der Waals surface area contributed by atoms with Crippen LogP contribution in [0.1, 0.15) is 33.0 Å². The molecule has 1 aromatic carbocycles. The first-order chi connectivity index (χ1) is 14.0. The van der Waals surface area contributed by atoms with E-state index in [0.717, 1.165) is 40.1 Å². The minimum absolute atomic E-state index is 0.0683. The zero-order valence-electron chi connectivity index (χ0n) is 16.4. The summed E-state index contributed by atoms with van der Waals surface area (Å²) in [5.74, 6) is -0.324. The van der Waals surface area contributed by atoms with Crippen molar-refractivity contribution in [2.45, 2.75) is 33.4 Å². The molecule has 29 heavy (non-hydrogen) atoms. The Balaban J connectivity index is 1.42. The maximum atomic E-state index is 13.1. The molecular weight excluding hydrogens is 389 g/mol. The summed E-state index contributed by atoms with van der Waals surface area (Å²) in [4.78, 5) is 18.3. The van der Waals surface area contributed by atoms with E-state index < -0.39 is 0 Å². The first-order valence-corrected chi connectivity index (χ1v) is 10.3. The molecule has 3 aromatic heterocycles. The number of aromatic nitrogens is 4. The van der Waals surface area contributed by atoms with E-state index >= 15 is 0 Å². The molecule has 0 spiro atoms. The van der Waals surface area contributed by atoms with Crippen molar-refractivity contribution < 1.29 is 9.18 Å². The Hall–Kier alpha value is -3.00. The number of thiophene rings is 1. The number of hydrogen-bond donors (Lipinski definition) is 1. The number of halogens is 1. The van der Waals surface area contributed by atoms with E-state index in [1.54, 1.807) is 18.5 Å². The Morgan fingerprint density at radius 2 is 2.03 bits per heavy atom. The van der Waals surface area contributed by atoms with Crippen LogP contribution in [0.25, 0.3) is 10.2 Å². The molecule has 0 saturated heterocycles. The number of carbonyl (C=O) groups excluding carboxylic acids is 1. The van der Waals surface area contributed by atoms with E-state index in [9.17, 15) is 9.18 Å². The molecule has 6 nitrogen and oxygen atoms in total. The Morgan fingerprint density at radius 1 is 1.24 bits per heavy atom. The lowest BCUT2D eigenvalue weighted by atomic mass is 10.2. The second-order valence-electron chi connectivity index (χ2n) is 7.04. The minimum atomic E-state index is -0.256. The van der Waals surface area contributed by atoms with Gasteiger partial charge in [0.15, 0.2) is 0 Å². The lowest BCUT2D eigenvalue weighted by Gasteiger charge is -2.06. The zero-order chi connectivity index (χ0) is 20.4. The molecule has 1 amide bonds. The molecular formula is C21H22FN5OS. The number of rotatable bonds is 7. The normalized spacial score (nSPS) is 11.3. The van der Waals surface area contributed by atoms with E-state index in [-0.39, 0.29) is 11.7 Å². The largest absolute Gasteiger partial charge is 0.351 e. The predicted molar refractivity (Wildman–Crippen MR) is 112 cm³/mol. The van der Waals surface area contributed by atoms with Crippen LogP contribution in [0.15, 0.2) is 42.9 Å². The van der Waals surface area contributed by atoms with E-state index in [1.807, 2.05) is 30.8 Å². The fourth-order valence-corrected chi connectivity index (χ4v) is 4.33. The van der Waals surface area contributed by atoms with Crippen molar-refractivity contribution in [2.75, 3.05) is 6.54 Å². The molecule has 0 bridgehead atoms. The first-order valence-electron chi connectivity index (χ1n) is 9.47. The fraction of sp³-hybridized carbons (Fsp3) is 0.286. The highest BCUT2D eigenvalue weighted by Gasteiger charge is 2.16. The molecule has 3 heterocycles. The molecule has 0 saturated carbocycles. The van der Waals surface area contributed by atoms with Gasteiger partial charge in [-0.3, -0.25) is 9.48 Å². The van der Waals surface area contributed by atoms with Gasteiger partial charge in [-0.25, -0.2) is 9.37 Å². The van der Waals surface area contributed by atoms with Crippen LogP contribution < -0.4 is 5.32 Å². The third-order valence-electron chi connectivity index (χ3n) is 4.86. The number of fused-ring (bicyclic) bond motifs is 1. The smallest absolute Gasteiger partial charge is 0.261 e. The Morgan fingerprint density at radius 3 is 2.76 bits per heavy atom. The zero-order valence-corrected chi connectivity index (χ0v) is 17.2. The van der Waals surface area contributed by atoms with Gasteiger partial charge in [0.2, 0.25) is 0 Å². The second-order valence-corrected chi connectivity index (χ2v) is 8.07. The molecule has 4 aromatic rings. The molecule has 0 radical (unpaired) electrons. The highest BCUT2D eigenvalue weighted by Crippen LogP contribution is 2.28. The van der Waals surface area contributed by atoms with Gasteiger partial charge in [0.1, 0.15) is 10.6 Å². The van der Waals surface area contributed by atoms with E-state index in [4.69, 9.17) is 0 Å². The predicted octanol–water partition coefficient (Wildman–Crippen LogP) is 3.92. The second kappa shape index (κ2) is 8.16. The lowest BCUT2D eigenvalue weighted by molar-refractivity contribution is 0.0957. The SMILES string of the molecule is Cc1nn(Cc2ccc(F)cc2)c2sc(C(=O)NCCCn3cncc3C)cc12. The van der Waals surface area contributed by atoms with Crippen LogP contribution in [0.4, 0.5) is 4.39 Å². The van der Waals surface area contributed by atoms with Crippen LogP contribution in [0.5, 0.6) is 0 Å². The molecule has 0 aliphatic heterocycles. The standard InChI is InChI=1S/C21H22FN5OS/c1-14-11-23-13-26(14)9-3-8-24-20(28)19-10-18-15(2)25-27(21(18)29-19)12-16-4-6-17(22)7-5-16/h4-7,10-11,13H,3,8-9,12H2,1-2H3,(H,24,28). The number of nitrogens with zero attached hydrogens (tertiary/aromatic N) is 4. The Labute approximate surface area is 172 Å². The monoisotopic (exact) mass is 411 g/mol. The third-order valence-corrected chi connectivity index (χ3v) is 6.01. The molecule has 1 N–H and O–H groups in total. The van der Waals surface area contributed by atoms with Crippen molar-refractivity contribution in [3.63, 3.8) is 0 Å². The molecule has 150 valence electrons. The summed E-state index contributed by atoms with van der Waals surface area (Å²) >= 11 is 1.43. The summed E-state index contributed by atoms with van der Waals surface area (Å²) in [6, 6.07) is 8.30. The van der Waals surface area contributed by atoms with Gasteiger partial charge >= 0.3 is 0 Å². The summed E-state index contributed by atoms with van der Waals surface area (Å²) in [6.07, 6.45) is 4.47. The highest BCUT2D eigenvalue weighted by molar-refractivity contribution is 7.20. The van der Waals surface area contributed by atoms with Gasteiger partial charge in [-0.05, 0) is 44.0 Å². The maximum Gasteiger partial charge on any atom is 0.261 e. The average molecular weight is 412 g/mol. The van der Waals surface area contributed by atoms with Crippen LogP contribution in [0.3, 0.4) is 0 Å². The molecule has 0 aliphatic carbocycles. The lowest BCUT2D eigenvalue weighted by Crippen LogP contribution is -2.24. The van der Waals surface area contributed by atoms with Gasteiger partial charge in [-0.15, -0.1) is 11.3 Å². The van der Waals surface area contributed by atoms with Gasteiger partial charge < -0.3 is 9.88 Å². The van der Waals surface area contributed by atoms with Gasteiger partial charge in [0.25, 0.3) is 5.91 Å². The summed E-state index contributed by atoms with van der Waals surface area (Å²) < 4.78 is 17.1. The summed E-state index contributed by atoms with van der Waals surface area (Å²) in [5, 5.41) is 8.55. The number of benzene rings is 1. The van der Waals surface area contributed by atoms with Crippen LogP contribution in [0.2, 0.25) is 0 Å². The minimum Gasteiger partial charge on any atom is -0.351 e. The number of carbonyl (C=O) groups is 1. The van der Waals surface area contributed by atoms with Crippen LogP contribution in [0, 0.1) is 19.7 Å². The van der Waals surface area contributed by atoms with E-state index in [1.165, 1.54) is 23.5 Å². The van der Waals surface area contributed by atoms with Crippen LogP contribution in [-0.4, -0.2) is 31.8 Å². The van der Waals surface area contributed by atoms with Crippen molar-refractivity contribution in [2.24, 2.45) is 0 Å². The number of aryl methyl sites for hydroxylation is 3. The molecule has 0 unspecified atom stereocenters. The number of nitrogens with one attached hydrogen (secondary N) is 1. The van der Waals surface area contributed by atoms with Crippen molar-refractivity contribution in [1.29, 1.82) is 0 Å². The van der Waals surface area contributed by atoms with Crippen molar-refractivity contribution in [1.82, 2.24) is 24.6 Å². The number of amides is 1. The maximum absolute atomic E-state index is 13.1. The summed E-state index contributed by atoms with van der Waals surface area (Å²) in [7, 11) is 0. The summed E-state index contributed by atoms with van der Waals surface area (Å²) in [6.45, 7) is 5.91. The molecule has 4 rings (SSSR count). The van der Waals surface area contributed by atoms with Crippen LogP contribution in [-0.2, 0) is 13.1 Å². The number of hydrogen-bond acceptors (Lipinski definition) is 4. The molecule has 8 heteroatoms. The summed E-state index contributed by atoms with van der Waals surface area (Å²) in [5.41, 5.74) is 2.96. The quantitative estimate of drug-likeness (QED) is 0.469. The highest BCUT2D eigenvalue weighted by atomic mass is 32.1. The average Bonchev–Trinajstić information content (AvgIpc) is 3.39. The van der Waals surface area contributed by atoms with E-state index in [2.05, 4.69) is 20.0 Å². The number of imidazole rings is 1. The van der Waals surface area contributed by atoms with Gasteiger partial charge in [0, 0.05) is 30.4 Å². The van der Waals surface area contributed by atoms with E-state index in [0.29, 0.717) is 18.0 Å². The van der Waals surface area contributed by atoms with Crippen molar-refractivity contribution in [3.05, 3.63) is 70.5 Å². The molecule has 0 fully saturated rings. The van der Waals surface area contributed by atoms with Gasteiger partial charge in [0.05, 0.1) is 23.4 Å². The van der Waals surface area contributed by atoms with Gasteiger partial charge in [-0.2, -0.15) is 5.10 Å². The van der Waals surface area contributed by atoms with Crippen molar-refractivity contribution >= 4 is 27.5 Å².